The number of hydrogen-bond donors (Lipinski definition) is 1. The zero-order valence-corrected chi connectivity index (χ0v) is 7.93. The van der Waals surface area contributed by atoms with E-state index in [4.69, 9.17) is 0 Å². The molecule has 0 aromatic heterocycles. The summed E-state index contributed by atoms with van der Waals surface area (Å²) in [6.45, 7) is 4.98. The van der Waals surface area contributed by atoms with Crippen molar-refractivity contribution in [3.05, 3.63) is 0 Å². The van der Waals surface area contributed by atoms with Crippen LogP contribution < -0.4 is 5.32 Å². The summed E-state index contributed by atoms with van der Waals surface area (Å²) in [7, 11) is 1.32. The SMILES string of the molecule is COC(=O)C(C)(C)NCC(C)=O. The van der Waals surface area contributed by atoms with Gasteiger partial charge in [0, 0.05) is 0 Å². The first-order chi connectivity index (χ1) is 5.40. The first kappa shape index (κ1) is 11.1. The lowest BCUT2D eigenvalue weighted by molar-refractivity contribution is -0.147. The largest absolute Gasteiger partial charge is 0.468 e. The number of hydrogen-bond acceptors (Lipinski definition) is 4. The molecule has 0 aromatic rings. The third kappa shape index (κ3) is 3.48. The Hall–Kier alpha value is -0.900. The highest BCUT2D eigenvalue weighted by molar-refractivity contribution is 5.82. The average molecular weight is 173 g/mol. The van der Waals surface area contributed by atoms with Crippen LogP contribution in [0.1, 0.15) is 20.8 Å². The number of esters is 1. The van der Waals surface area contributed by atoms with Gasteiger partial charge in [0.1, 0.15) is 11.3 Å². The Labute approximate surface area is 72.3 Å². The molecule has 0 saturated carbocycles. The van der Waals surface area contributed by atoms with Gasteiger partial charge in [-0.05, 0) is 20.8 Å². The normalized spacial score (nSPS) is 11.0. The van der Waals surface area contributed by atoms with E-state index in [-0.39, 0.29) is 18.3 Å². The molecule has 0 aliphatic carbocycles. The molecule has 0 fully saturated rings. The lowest BCUT2D eigenvalue weighted by atomic mass is 10.1. The Bertz CT molecular complexity index is 187. The van der Waals surface area contributed by atoms with Gasteiger partial charge in [0.15, 0.2) is 0 Å². The predicted octanol–water partition coefficient (Wildman–Crippen LogP) is 0.117. The van der Waals surface area contributed by atoms with Crippen LogP contribution >= 0.6 is 0 Å². The lowest BCUT2D eigenvalue weighted by Crippen LogP contribution is -2.49. The minimum Gasteiger partial charge on any atom is -0.468 e. The molecular weight excluding hydrogens is 158 g/mol. The minimum absolute atomic E-state index is 0.00743. The van der Waals surface area contributed by atoms with Crippen LogP contribution in [0.15, 0.2) is 0 Å². The van der Waals surface area contributed by atoms with E-state index < -0.39 is 5.54 Å². The van der Waals surface area contributed by atoms with Crippen LogP contribution in [0.4, 0.5) is 0 Å². The number of methoxy groups -OCH3 is 1. The van der Waals surface area contributed by atoms with Gasteiger partial charge in [0.05, 0.1) is 13.7 Å². The van der Waals surface area contributed by atoms with Crippen molar-refractivity contribution in [3.63, 3.8) is 0 Å². The molecule has 0 amide bonds. The topological polar surface area (TPSA) is 55.4 Å². The van der Waals surface area contributed by atoms with Gasteiger partial charge in [0.25, 0.3) is 0 Å². The lowest BCUT2D eigenvalue weighted by Gasteiger charge is -2.22. The Morgan fingerprint density at radius 1 is 1.42 bits per heavy atom. The number of carbonyl (C=O) groups is 2. The summed E-state index contributed by atoms with van der Waals surface area (Å²) in [6, 6.07) is 0. The molecule has 0 radical (unpaired) electrons. The molecule has 0 heterocycles. The van der Waals surface area contributed by atoms with Crippen LogP contribution in [0.5, 0.6) is 0 Å². The Morgan fingerprint density at radius 2 is 1.92 bits per heavy atom. The summed E-state index contributed by atoms with van der Waals surface area (Å²) in [4.78, 5) is 21.6. The molecule has 0 unspecified atom stereocenters. The van der Waals surface area contributed by atoms with Gasteiger partial charge in [0.2, 0.25) is 0 Å². The maximum absolute atomic E-state index is 11.1. The van der Waals surface area contributed by atoms with Gasteiger partial charge in [-0.2, -0.15) is 0 Å². The third-order valence-corrected chi connectivity index (χ3v) is 1.47. The van der Waals surface area contributed by atoms with E-state index in [2.05, 4.69) is 10.1 Å². The minimum atomic E-state index is -0.791. The molecule has 0 aromatic carbocycles. The van der Waals surface area contributed by atoms with Gasteiger partial charge < -0.3 is 4.74 Å². The quantitative estimate of drug-likeness (QED) is 0.613. The summed E-state index contributed by atoms with van der Waals surface area (Å²) in [5.41, 5.74) is -0.791. The van der Waals surface area contributed by atoms with Crippen molar-refractivity contribution in [3.8, 4) is 0 Å². The standard InChI is InChI=1S/C8H15NO3/c1-6(10)5-9-8(2,3)7(11)12-4/h9H,5H2,1-4H3. The van der Waals surface area contributed by atoms with Crippen molar-refractivity contribution in [1.29, 1.82) is 0 Å². The van der Waals surface area contributed by atoms with E-state index >= 15 is 0 Å². The van der Waals surface area contributed by atoms with Crippen LogP contribution in [0.2, 0.25) is 0 Å². The van der Waals surface area contributed by atoms with Crippen molar-refractivity contribution in [2.45, 2.75) is 26.3 Å². The van der Waals surface area contributed by atoms with E-state index in [1.54, 1.807) is 13.8 Å². The van der Waals surface area contributed by atoms with Gasteiger partial charge in [-0.15, -0.1) is 0 Å². The van der Waals surface area contributed by atoms with Crippen LogP contribution in [0.25, 0.3) is 0 Å². The van der Waals surface area contributed by atoms with Crippen molar-refractivity contribution < 1.29 is 14.3 Å². The molecule has 0 rings (SSSR count). The zero-order valence-electron chi connectivity index (χ0n) is 7.93. The highest BCUT2D eigenvalue weighted by Gasteiger charge is 2.27. The summed E-state index contributed by atoms with van der Waals surface area (Å²) >= 11 is 0. The second kappa shape index (κ2) is 4.21. The summed E-state index contributed by atoms with van der Waals surface area (Å²) < 4.78 is 4.53. The molecule has 0 atom stereocenters. The van der Waals surface area contributed by atoms with E-state index in [0.29, 0.717) is 0 Å². The molecule has 0 bridgehead atoms. The van der Waals surface area contributed by atoms with Gasteiger partial charge in [-0.3, -0.25) is 14.9 Å². The number of ketones is 1. The third-order valence-electron chi connectivity index (χ3n) is 1.47. The number of nitrogens with one attached hydrogen (secondary N) is 1. The first-order valence-corrected chi connectivity index (χ1v) is 3.73. The van der Waals surface area contributed by atoms with Crippen LogP contribution in [-0.2, 0) is 14.3 Å². The van der Waals surface area contributed by atoms with E-state index in [1.807, 2.05) is 0 Å². The maximum atomic E-state index is 11.1. The van der Waals surface area contributed by atoms with Crippen molar-refractivity contribution in [2.75, 3.05) is 13.7 Å². The molecule has 12 heavy (non-hydrogen) atoms. The van der Waals surface area contributed by atoms with Crippen molar-refractivity contribution in [2.24, 2.45) is 0 Å². The molecule has 4 nitrogen and oxygen atoms in total. The molecule has 0 spiro atoms. The smallest absolute Gasteiger partial charge is 0.325 e. The molecule has 0 saturated heterocycles. The van der Waals surface area contributed by atoms with Crippen molar-refractivity contribution in [1.82, 2.24) is 5.32 Å². The molecular formula is C8H15NO3. The predicted molar refractivity (Wildman–Crippen MR) is 44.8 cm³/mol. The van der Waals surface area contributed by atoms with E-state index in [1.165, 1.54) is 14.0 Å². The second-order valence-corrected chi connectivity index (χ2v) is 3.17. The molecule has 1 N–H and O–H groups in total. The Kier molecular flexibility index (Phi) is 3.89. The number of ether oxygens (including phenoxy) is 1. The van der Waals surface area contributed by atoms with Crippen LogP contribution in [-0.4, -0.2) is 30.9 Å². The fraction of sp³-hybridized carbons (Fsp3) is 0.750. The van der Waals surface area contributed by atoms with E-state index in [0.717, 1.165) is 0 Å². The fourth-order valence-electron chi connectivity index (χ4n) is 0.673. The van der Waals surface area contributed by atoms with Crippen LogP contribution in [0, 0.1) is 0 Å². The molecule has 0 aliphatic heterocycles. The molecule has 70 valence electrons. The average Bonchev–Trinajstić information content (AvgIpc) is 1.99. The van der Waals surface area contributed by atoms with Gasteiger partial charge in [-0.25, -0.2) is 0 Å². The summed E-state index contributed by atoms with van der Waals surface area (Å²) in [5.74, 6) is -0.379. The zero-order chi connectivity index (χ0) is 9.78. The maximum Gasteiger partial charge on any atom is 0.325 e. The number of carbonyl (C=O) groups excluding carboxylic acids is 2. The molecule has 0 aliphatic rings. The van der Waals surface area contributed by atoms with Gasteiger partial charge in [-0.1, -0.05) is 0 Å². The van der Waals surface area contributed by atoms with Gasteiger partial charge >= 0.3 is 5.97 Å². The number of rotatable bonds is 4. The Balaban J connectivity index is 4.03. The summed E-state index contributed by atoms with van der Waals surface area (Å²) in [6.07, 6.45) is 0. The molecule has 4 heteroatoms. The summed E-state index contributed by atoms with van der Waals surface area (Å²) in [5, 5.41) is 2.79. The highest BCUT2D eigenvalue weighted by Crippen LogP contribution is 2.03. The number of Topliss-reactive ketones (excluding diaryl/α,β-unsaturated/α-hetero) is 1. The van der Waals surface area contributed by atoms with E-state index in [9.17, 15) is 9.59 Å². The fourth-order valence-corrected chi connectivity index (χ4v) is 0.673. The highest BCUT2D eigenvalue weighted by atomic mass is 16.5. The first-order valence-electron chi connectivity index (χ1n) is 3.73. The Morgan fingerprint density at radius 3 is 2.25 bits per heavy atom. The monoisotopic (exact) mass is 173 g/mol. The van der Waals surface area contributed by atoms with Crippen LogP contribution in [0.3, 0.4) is 0 Å². The second-order valence-electron chi connectivity index (χ2n) is 3.17. The van der Waals surface area contributed by atoms with Crippen molar-refractivity contribution >= 4 is 11.8 Å².